The van der Waals surface area contributed by atoms with Gasteiger partial charge >= 0.3 is 0 Å². The number of carbonyl (C=O) groups is 1. The highest BCUT2D eigenvalue weighted by Gasteiger charge is 2.41. The van der Waals surface area contributed by atoms with Crippen LogP contribution in [-0.4, -0.2) is 68.3 Å². The minimum atomic E-state index is -3.03. The number of hydrogen-bond acceptors (Lipinski definition) is 7. The number of aromatic nitrogens is 4. The van der Waals surface area contributed by atoms with Gasteiger partial charge in [-0.25, -0.2) is 23.1 Å². The molecule has 1 saturated carbocycles. The van der Waals surface area contributed by atoms with E-state index in [1.807, 2.05) is 35.2 Å². The van der Waals surface area contributed by atoms with Gasteiger partial charge < -0.3 is 4.90 Å². The van der Waals surface area contributed by atoms with Crippen molar-refractivity contribution in [3.63, 3.8) is 0 Å². The molecule has 5 rings (SSSR count). The van der Waals surface area contributed by atoms with Crippen molar-refractivity contribution in [1.82, 2.24) is 24.6 Å². The van der Waals surface area contributed by atoms with E-state index in [1.165, 1.54) is 18.1 Å². The lowest BCUT2D eigenvalue weighted by Gasteiger charge is -2.28. The molecule has 1 saturated heterocycles. The Kier molecular flexibility index (Phi) is 4.98. The summed E-state index contributed by atoms with van der Waals surface area (Å²) in [5.74, 6) is 0.454. The lowest BCUT2D eigenvalue weighted by molar-refractivity contribution is -0.130. The van der Waals surface area contributed by atoms with E-state index in [1.54, 1.807) is 10.9 Å². The molecule has 10 heteroatoms. The van der Waals surface area contributed by atoms with Gasteiger partial charge in [-0.15, -0.1) is 0 Å². The Bertz CT molecular complexity index is 1190. The van der Waals surface area contributed by atoms with Crippen LogP contribution in [0.2, 0.25) is 0 Å². The number of fused-ring (bicyclic) bond motifs is 1. The zero-order valence-corrected chi connectivity index (χ0v) is 17.8. The van der Waals surface area contributed by atoms with Gasteiger partial charge in [0, 0.05) is 12.1 Å². The van der Waals surface area contributed by atoms with Crippen molar-refractivity contribution in [2.45, 2.75) is 36.4 Å². The molecule has 8 nitrogen and oxygen atoms in total. The third kappa shape index (κ3) is 3.81. The molecule has 1 aromatic carbocycles. The fourth-order valence-electron chi connectivity index (χ4n) is 3.95. The highest BCUT2D eigenvalue weighted by molar-refractivity contribution is 8.00. The molecule has 0 bridgehead atoms. The largest absolute Gasteiger partial charge is 0.335 e. The van der Waals surface area contributed by atoms with Crippen LogP contribution in [0.5, 0.6) is 0 Å². The van der Waals surface area contributed by atoms with E-state index in [2.05, 4.69) is 15.1 Å². The van der Waals surface area contributed by atoms with Crippen molar-refractivity contribution in [1.29, 1.82) is 0 Å². The summed E-state index contributed by atoms with van der Waals surface area (Å²) in [6.07, 6.45) is 5.65. The van der Waals surface area contributed by atoms with Crippen molar-refractivity contribution in [2.24, 2.45) is 0 Å². The van der Waals surface area contributed by atoms with Crippen LogP contribution in [0.25, 0.3) is 16.7 Å². The molecule has 2 aliphatic rings. The summed E-state index contributed by atoms with van der Waals surface area (Å²) in [6.45, 7) is 0. The molecule has 0 N–H and O–H groups in total. The van der Waals surface area contributed by atoms with Gasteiger partial charge in [-0.2, -0.15) is 5.10 Å². The molecule has 1 atom stereocenters. The van der Waals surface area contributed by atoms with Gasteiger partial charge in [0.25, 0.3) is 0 Å². The molecular weight excluding hydrogens is 422 g/mol. The number of benzene rings is 1. The van der Waals surface area contributed by atoms with Crippen molar-refractivity contribution in [2.75, 3.05) is 17.3 Å². The third-order valence-electron chi connectivity index (χ3n) is 5.49. The Morgan fingerprint density at radius 2 is 1.93 bits per heavy atom. The molecule has 30 heavy (non-hydrogen) atoms. The van der Waals surface area contributed by atoms with Crippen LogP contribution >= 0.6 is 11.8 Å². The van der Waals surface area contributed by atoms with Crippen LogP contribution in [0.4, 0.5) is 0 Å². The normalized spacial score (nSPS) is 20.5. The highest BCUT2D eigenvalue weighted by atomic mass is 32.2. The molecule has 3 aromatic rings. The zero-order chi connectivity index (χ0) is 20.7. The highest BCUT2D eigenvalue weighted by Crippen LogP contribution is 2.34. The zero-order valence-electron chi connectivity index (χ0n) is 16.2. The second-order valence-corrected chi connectivity index (χ2v) is 10.9. The van der Waals surface area contributed by atoms with Crippen molar-refractivity contribution >= 4 is 38.5 Å². The minimum absolute atomic E-state index is 0.0215. The summed E-state index contributed by atoms with van der Waals surface area (Å²) in [5, 5.41) is 5.94. The van der Waals surface area contributed by atoms with Gasteiger partial charge in [0.1, 0.15) is 11.4 Å². The summed E-state index contributed by atoms with van der Waals surface area (Å²) in [7, 11) is -3.03. The summed E-state index contributed by atoms with van der Waals surface area (Å²) in [5.41, 5.74) is 1.59. The van der Waals surface area contributed by atoms with E-state index < -0.39 is 9.84 Å². The predicted molar refractivity (Wildman–Crippen MR) is 114 cm³/mol. The maximum atomic E-state index is 13.0. The molecular formula is C20H21N5O3S2. The second-order valence-electron chi connectivity index (χ2n) is 7.69. The van der Waals surface area contributed by atoms with Gasteiger partial charge in [0.15, 0.2) is 15.5 Å². The number of sulfone groups is 1. The van der Waals surface area contributed by atoms with Gasteiger partial charge in [-0.3, -0.25) is 4.79 Å². The first-order valence-corrected chi connectivity index (χ1v) is 12.7. The Morgan fingerprint density at radius 3 is 2.63 bits per heavy atom. The molecule has 0 spiro atoms. The lowest BCUT2D eigenvalue weighted by atomic mass is 10.2. The van der Waals surface area contributed by atoms with Gasteiger partial charge in [0.2, 0.25) is 5.91 Å². The lowest BCUT2D eigenvalue weighted by Crippen LogP contribution is -2.43. The SMILES string of the molecule is O=C(CSc1ncnc2c1cnn2-c1ccccc1)N(C1CC1)C1CCS(=O)(=O)C1. The molecule has 3 heterocycles. The molecule has 1 aliphatic heterocycles. The number of amides is 1. The van der Waals surface area contributed by atoms with E-state index in [4.69, 9.17) is 0 Å². The fraction of sp³-hybridized carbons (Fsp3) is 0.400. The summed E-state index contributed by atoms with van der Waals surface area (Å²) in [6, 6.07) is 9.71. The quantitative estimate of drug-likeness (QED) is 0.425. The van der Waals surface area contributed by atoms with Crippen LogP contribution in [0.1, 0.15) is 19.3 Å². The molecule has 156 valence electrons. The van der Waals surface area contributed by atoms with Crippen LogP contribution < -0.4 is 0 Å². The maximum Gasteiger partial charge on any atom is 0.233 e. The number of para-hydroxylation sites is 1. The van der Waals surface area contributed by atoms with E-state index >= 15 is 0 Å². The Balaban J connectivity index is 1.35. The number of thioether (sulfide) groups is 1. The Morgan fingerprint density at radius 1 is 1.13 bits per heavy atom. The summed E-state index contributed by atoms with van der Waals surface area (Å²) in [4.78, 5) is 23.6. The predicted octanol–water partition coefficient (Wildman–Crippen LogP) is 2.09. The molecule has 0 radical (unpaired) electrons. The Hall–Kier alpha value is -2.46. The molecule has 1 amide bonds. The standard InChI is InChI=1S/C20H21N5O3S2/c26-18(24(14-6-7-14)16-8-9-30(27,28)12-16)11-29-20-17-10-23-25(19(17)21-13-22-20)15-4-2-1-3-5-15/h1-5,10,13-14,16H,6-9,11-12H2. The topological polar surface area (TPSA) is 98.1 Å². The van der Waals surface area contributed by atoms with E-state index in [0.717, 1.165) is 23.9 Å². The van der Waals surface area contributed by atoms with Crippen LogP contribution in [0.3, 0.4) is 0 Å². The molecule has 1 unspecified atom stereocenters. The average molecular weight is 444 g/mol. The molecule has 1 aliphatic carbocycles. The molecule has 2 fully saturated rings. The van der Waals surface area contributed by atoms with Crippen molar-refractivity contribution in [3.05, 3.63) is 42.9 Å². The monoisotopic (exact) mass is 443 g/mol. The summed E-state index contributed by atoms with van der Waals surface area (Å²) < 4.78 is 25.5. The van der Waals surface area contributed by atoms with E-state index in [0.29, 0.717) is 17.1 Å². The fourth-order valence-corrected chi connectivity index (χ4v) is 6.50. The van der Waals surface area contributed by atoms with Crippen LogP contribution in [0.15, 0.2) is 47.9 Å². The first kappa shape index (κ1) is 19.5. The minimum Gasteiger partial charge on any atom is -0.335 e. The van der Waals surface area contributed by atoms with Gasteiger partial charge in [-0.1, -0.05) is 30.0 Å². The smallest absolute Gasteiger partial charge is 0.233 e. The van der Waals surface area contributed by atoms with Crippen molar-refractivity contribution < 1.29 is 13.2 Å². The first-order chi connectivity index (χ1) is 14.5. The van der Waals surface area contributed by atoms with Crippen LogP contribution in [-0.2, 0) is 14.6 Å². The van der Waals surface area contributed by atoms with Gasteiger partial charge in [0.05, 0.1) is 34.5 Å². The number of nitrogens with zero attached hydrogens (tertiary/aromatic N) is 5. The average Bonchev–Trinajstić information content (AvgIpc) is 3.36. The van der Waals surface area contributed by atoms with E-state index in [9.17, 15) is 13.2 Å². The maximum absolute atomic E-state index is 13.0. The van der Waals surface area contributed by atoms with E-state index in [-0.39, 0.29) is 35.2 Å². The van der Waals surface area contributed by atoms with Gasteiger partial charge in [-0.05, 0) is 31.4 Å². The first-order valence-electron chi connectivity index (χ1n) is 9.90. The van der Waals surface area contributed by atoms with Crippen molar-refractivity contribution in [3.8, 4) is 5.69 Å². The number of hydrogen-bond donors (Lipinski definition) is 0. The molecule has 2 aromatic heterocycles. The number of carbonyl (C=O) groups excluding carboxylic acids is 1. The number of rotatable bonds is 6. The third-order valence-corrected chi connectivity index (χ3v) is 8.23. The van der Waals surface area contributed by atoms with Crippen LogP contribution in [0, 0.1) is 0 Å². The summed E-state index contributed by atoms with van der Waals surface area (Å²) >= 11 is 1.35. The Labute approximate surface area is 178 Å². The second kappa shape index (κ2) is 7.66.